The van der Waals surface area contributed by atoms with E-state index in [1.165, 1.54) is 6.42 Å². The van der Waals surface area contributed by atoms with Gasteiger partial charge in [-0.25, -0.2) is 0 Å². The fourth-order valence-electron chi connectivity index (χ4n) is 2.17. The van der Waals surface area contributed by atoms with Crippen LogP contribution in [0, 0.1) is 0 Å². The monoisotopic (exact) mass is 284 g/mol. The molecule has 0 radical (unpaired) electrons. The van der Waals surface area contributed by atoms with Gasteiger partial charge in [0.05, 0.1) is 16.7 Å². The van der Waals surface area contributed by atoms with Crippen LogP contribution in [0.1, 0.15) is 25.5 Å². The van der Waals surface area contributed by atoms with E-state index in [0.29, 0.717) is 0 Å². The van der Waals surface area contributed by atoms with Gasteiger partial charge < -0.3 is 4.42 Å². The van der Waals surface area contributed by atoms with E-state index in [-0.39, 0.29) is 0 Å². The van der Waals surface area contributed by atoms with Crippen molar-refractivity contribution in [1.82, 2.24) is 9.97 Å². The maximum Gasteiger partial charge on any atom is 0.134 e. The lowest BCUT2D eigenvalue weighted by Gasteiger charge is -2.08. The van der Waals surface area contributed by atoms with Gasteiger partial charge in [0, 0.05) is 29.2 Å². The molecule has 0 aliphatic carbocycles. The number of nitrogens with zero attached hydrogens (tertiary/aromatic N) is 2. The SMILES string of the molecule is CCCCc1cc(-c2ccco2)c(-c2cncs2)cn1. The zero-order valence-electron chi connectivity index (χ0n) is 11.4. The van der Waals surface area contributed by atoms with Crippen LogP contribution in [0.25, 0.3) is 21.8 Å². The summed E-state index contributed by atoms with van der Waals surface area (Å²) >= 11 is 1.62. The summed E-state index contributed by atoms with van der Waals surface area (Å²) in [7, 11) is 0. The molecule has 4 heteroatoms. The lowest BCUT2D eigenvalue weighted by Crippen LogP contribution is -1.93. The van der Waals surface area contributed by atoms with E-state index < -0.39 is 0 Å². The summed E-state index contributed by atoms with van der Waals surface area (Å²) < 4.78 is 5.57. The Morgan fingerprint density at radius 1 is 1.25 bits per heavy atom. The van der Waals surface area contributed by atoms with E-state index >= 15 is 0 Å². The average molecular weight is 284 g/mol. The molecular formula is C16H16N2OS. The van der Waals surface area contributed by atoms with Crippen molar-refractivity contribution in [1.29, 1.82) is 0 Å². The van der Waals surface area contributed by atoms with Crippen molar-refractivity contribution in [2.24, 2.45) is 0 Å². The Bertz CT molecular complexity index is 660. The van der Waals surface area contributed by atoms with Crippen molar-refractivity contribution < 1.29 is 4.42 Å². The van der Waals surface area contributed by atoms with Gasteiger partial charge >= 0.3 is 0 Å². The molecule has 0 unspecified atom stereocenters. The maximum atomic E-state index is 5.57. The first-order valence-corrected chi connectivity index (χ1v) is 7.68. The highest BCUT2D eigenvalue weighted by Crippen LogP contribution is 2.34. The molecule has 3 rings (SSSR count). The summed E-state index contributed by atoms with van der Waals surface area (Å²) in [4.78, 5) is 9.85. The van der Waals surface area contributed by atoms with Gasteiger partial charge in [0.2, 0.25) is 0 Å². The molecule has 0 aliphatic rings. The Morgan fingerprint density at radius 2 is 2.20 bits per heavy atom. The molecule has 0 atom stereocenters. The van der Waals surface area contributed by atoms with Gasteiger partial charge in [0.15, 0.2) is 0 Å². The van der Waals surface area contributed by atoms with Gasteiger partial charge in [-0.1, -0.05) is 13.3 Å². The molecule has 3 heterocycles. The molecule has 0 aliphatic heterocycles. The minimum atomic E-state index is 0.883. The summed E-state index contributed by atoms with van der Waals surface area (Å²) in [5.41, 5.74) is 5.14. The van der Waals surface area contributed by atoms with Crippen LogP contribution < -0.4 is 0 Å². The molecule has 0 spiro atoms. The van der Waals surface area contributed by atoms with E-state index in [1.54, 1.807) is 17.6 Å². The molecule has 20 heavy (non-hydrogen) atoms. The third-order valence-corrected chi connectivity index (χ3v) is 4.04. The molecule has 3 nitrogen and oxygen atoms in total. The topological polar surface area (TPSA) is 38.9 Å². The number of rotatable bonds is 5. The number of hydrogen-bond acceptors (Lipinski definition) is 4. The molecule has 0 N–H and O–H groups in total. The molecule has 0 amide bonds. The van der Waals surface area contributed by atoms with Gasteiger partial charge in [0.1, 0.15) is 5.76 Å². The molecule has 102 valence electrons. The summed E-state index contributed by atoms with van der Waals surface area (Å²) in [6.45, 7) is 2.19. The highest BCUT2D eigenvalue weighted by Gasteiger charge is 2.12. The Labute approximate surface area is 122 Å². The van der Waals surface area contributed by atoms with Crippen molar-refractivity contribution in [3.63, 3.8) is 0 Å². The Balaban J connectivity index is 2.06. The zero-order chi connectivity index (χ0) is 13.8. The maximum absolute atomic E-state index is 5.57. The van der Waals surface area contributed by atoms with Crippen LogP contribution in [0.5, 0.6) is 0 Å². The highest BCUT2D eigenvalue weighted by molar-refractivity contribution is 7.13. The molecular weight excluding hydrogens is 268 g/mol. The van der Waals surface area contributed by atoms with E-state index in [0.717, 1.165) is 40.3 Å². The van der Waals surface area contributed by atoms with Crippen LogP contribution >= 0.6 is 11.3 Å². The third-order valence-electron chi connectivity index (χ3n) is 3.23. The largest absolute Gasteiger partial charge is 0.464 e. The Hall–Kier alpha value is -1.94. The van der Waals surface area contributed by atoms with E-state index in [2.05, 4.69) is 23.0 Å². The minimum Gasteiger partial charge on any atom is -0.464 e. The van der Waals surface area contributed by atoms with Crippen LogP contribution in [0.4, 0.5) is 0 Å². The molecule has 0 saturated heterocycles. The van der Waals surface area contributed by atoms with Gasteiger partial charge in [-0.05, 0) is 31.0 Å². The van der Waals surface area contributed by atoms with Crippen molar-refractivity contribution in [2.45, 2.75) is 26.2 Å². The summed E-state index contributed by atoms with van der Waals surface area (Å²) in [5, 5.41) is 0. The third kappa shape index (κ3) is 2.65. The number of unbranched alkanes of at least 4 members (excludes halogenated alkanes) is 1. The smallest absolute Gasteiger partial charge is 0.134 e. The molecule has 0 aromatic carbocycles. The molecule has 3 aromatic rings. The minimum absolute atomic E-state index is 0.883. The zero-order valence-corrected chi connectivity index (χ0v) is 12.2. The first-order valence-electron chi connectivity index (χ1n) is 6.80. The highest BCUT2D eigenvalue weighted by atomic mass is 32.1. The average Bonchev–Trinajstić information content (AvgIpc) is 3.17. The first kappa shape index (κ1) is 13.1. The number of thiazole rings is 1. The number of aryl methyl sites for hydroxylation is 1. The predicted molar refractivity (Wildman–Crippen MR) is 81.7 cm³/mol. The van der Waals surface area contributed by atoms with Crippen LogP contribution in [0.3, 0.4) is 0 Å². The Morgan fingerprint density at radius 3 is 2.90 bits per heavy atom. The molecule has 3 aromatic heterocycles. The number of aromatic nitrogens is 2. The fraction of sp³-hybridized carbons (Fsp3) is 0.250. The van der Waals surface area contributed by atoms with Gasteiger partial charge in [-0.15, -0.1) is 11.3 Å². The lowest BCUT2D eigenvalue weighted by molar-refractivity contribution is 0.582. The number of hydrogen-bond donors (Lipinski definition) is 0. The number of furan rings is 1. The van der Waals surface area contributed by atoms with Crippen LogP contribution in [0.2, 0.25) is 0 Å². The van der Waals surface area contributed by atoms with Crippen molar-refractivity contribution in [2.75, 3.05) is 0 Å². The molecule has 0 fully saturated rings. The predicted octanol–water partition coefficient (Wildman–Crippen LogP) is 4.81. The molecule has 0 bridgehead atoms. The summed E-state index contributed by atoms with van der Waals surface area (Å²) in [6.07, 6.45) is 8.86. The van der Waals surface area contributed by atoms with Crippen LogP contribution in [0.15, 0.2) is 46.8 Å². The van der Waals surface area contributed by atoms with E-state index in [9.17, 15) is 0 Å². The Kier molecular flexibility index (Phi) is 3.92. The first-order chi connectivity index (χ1) is 9.88. The van der Waals surface area contributed by atoms with Crippen LogP contribution in [-0.4, -0.2) is 9.97 Å². The molecule has 0 saturated carbocycles. The quantitative estimate of drug-likeness (QED) is 0.675. The van der Waals surface area contributed by atoms with E-state index in [4.69, 9.17) is 4.42 Å². The van der Waals surface area contributed by atoms with E-state index in [1.807, 2.05) is 30.0 Å². The second-order valence-electron chi connectivity index (χ2n) is 4.67. The summed E-state index contributed by atoms with van der Waals surface area (Å²) in [5.74, 6) is 0.883. The van der Waals surface area contributed by atoms with Gasteiger partial charge in [-0.3, -0.25) is 9.97 Å². The lowest BCUT2D eigenvalue weighted by atomic mass is 10.0. The normalized spacial score (nSPS) is 10.8. The van der Waals surface area contributed by atoms with Crippen molar-refractivity contribution in [3.05, 3.63) is 48.1 Å². The summed E-state index contributed by atoms with van der Waals surface area (Å²) in [6, 6.07) is 6.05. The van der Waals surface area contributed by atoms with Crippen LogP contribution in [-0.2, 0) is 6.42 Å². The number of pyridine rings is 1. The fourth-order valence-corrected chi connectivity index (χ4v) is 2.82. The standard InChI is InChI=1S/C16H16N2OS/c1-2-3-5-12-8-13(15-6-4-7-19-15)14(9-18-12)16-10-17-11-20-16/h4,6-11H,2-3,5H2,1H3. The van der Waals surface area contributed by atoms with Gasteiger partial charge in [-0.2, -0.15) is 0 Å². The van der Waals surface area contributed by atoms with Crippen molar-refractivity contribution in [3.8, 4) is 21.8 Å². The second kappa shape index (κ2) is 6.01. The second-order valence-corrected chi connectivity index (χ2v) is 5.55. The van der Waals surface area contributed by atoms with Gasteiger partial charge in [0.25, 0.3) is 0 Å². The van der Waals surface area contributed by atoms with Crippen molar-refractivity contribution >= 4 is 11.3 Å².